The number of hydrogen-bond donors (Lipinski definition) is 2. The number of pyridine rings is 1. The molecule has 1 fully saturated rings. The van der Waals surface area contributed by atoms with Crippen molar-refractivity contribution in [1.29, 1.82) is 0 Å². The first-order valence-electron chi connectivity index (χ1n) is 16.1. The summed E-state index contributed by atoms with van der Waals surface area (Å²) in [4.78, 5) is 46.8. The van der Waals surface area contributed by atoms with E-state index in [-0.39, 0.29) is 18.1 Å². The van der Waals surface area contributed by atoms with Crippen molar-refractivity contribution in [3.63, 3.8) is 0 Å². The predicted octanol–water partition coefficient (Wildman–Crippen LogP) is 7.20. The van der Waals surface area contributed by atoms with Crippen LogP contribution in [0.15, 0.2) is 36.4 Å². The number of hydrogen-bond acceptors (Lipinski definition) is 8. The van der Waals surface area contributed by atoms with Gasteiger partial charge in [-0.25, -0.2) is 19.4 Å². The van der Waals surface area contributed by atoms with Crippen molar-refractivity contribution in [2.75, 3.05) is 31.5 Å². The Morgan fingerprint density at radius 2 is 1.53 bits per heavy atom. The predicted molar refractivity (Wildman–Crippen MR) is 184 cm³/mol. The molecule has 260 valence electrons. The maximum absolute atomic E-state index is 13.2. The van der Waals surface area contributed by atoms with Crippen molar-refractivity contribution in [1.82, 2.24) is 20.1 Å². The van der Waals surface area contributed by atoms with E-state index in [0.29, 0.717) is 50.0 Å². The first-order chi connectivity index (χ1) is 21.7. The van der Waals surface area contributed by atoms with Crippen LogP contribution >= 0.6 is 11.6 Å². The first-order valence-corrected chi connectivity index (χ1v) is 16.4. The van der Waals surface area contributed by atoms with Crippen molar-refractivity contribution in [3.05, 3.63) is 58.2 Å². The Kier molecular flexibility index (Phi) is 12.5. The summed E-state index contributed by atoms with van der Waals surface area (Å²) in [7, 11) is 0. The number of amides is 3. The lowest BCUT2D eigenvalue weighted by Crippen LogP contribution is -2.44. The Morgan fingerprint density at radius 1 is 0.915 bits per heavy atom. The number of carbonyl (C=O) groups is 3. The summed E-state index contributed by atoms with van der Waals surface area (Å²) in [5.41, 5.74) is 0.716. The number of aryl methyl sites for hydroxylation is 1. The SMILES string of the molecule is Cc1cc(C[C@H]2CN(C(=O)OC(C)(C)C)C[C@H]2NCCN(Cc2ccc(Cl)cc2)C(=O)OC(C)(C)C)nc(NC(=O)OC(C)(C)C)c1. The molecule has 1 aliphatic rings. The number of carbonyl (C=O) groups excluding carboxylic acids is 3. The summed E-state index contributed by atoms with van der Waals surface area (Å²) >= 11 is 6.08. The zero-order chi connectivity index (χ0) is 35.2. The molecule has 1 saturated heterocycles. The maximum Gasteiger partial charge on any atom is 0.413 e. The highest BCUT2D eigenvalue weighted by Gasteiger charge is 2.37. The molecule has 1 aliphatic heterocycles. The third-order valence-electron chi connectivity index (χ3n) is 6.94. The normalized spacial score (nSPS) is 16.9. The van der Waals surface area contributed by atoms with Gasteiger partial charge in [0.05, 0.1) is 0 Å². The van der Waals surface area contributed by atoms with Crippen LogP contribution in [-0.4, -0.2) is 82.1 Å². The van der Waals surface area contributed by atoms with E-state index >= 15 is 0 Å². The molecule has 0 saturated carbocycles. The van der Waals surface area contributed by atoms with E-state index in [4.69, 9.17) is 30.8 Å². The van der Waals surface area contributed by atoms with Crippen molar-refractivity contribution >= 4 is 35.7 Å². The molecular formula is C35H52ClN5O6. The molecule has 1 aromatic carbocycles. The Hall–Kier alpha value is -3.57. The topological polar surface area (TPSA) is 122 Å². The standard InChI is InChI=1S/C35H52ClN5O6/c1-23-17-27(38-29(18-23)39-30(42)45-33(2,3)4)19-25-21-41(32(44)47-35(8,9)10)22-28(25)37-15-16-40(31(43)46-34(5,6)7)20-24-11-13-26(36)14-12-24/h11-14,17-18,25,28,37H,15-16,19-22H2,1-10H3,(H,38,39,42)/t25-,28+/m0/s1. The van der Waals surface area contributed by atoms with Gasteiger partial charge >= 0.3 is 18.3 Å². The van der Waals surface area contributed by atoms with Gasteiger partial charge in [-0.15, -0.1) is 0 Å². The lowest BCUT2D eigenvalue weighted by molar-refractivity contribution is 0.0233. The second-order valence-electron chi connectivity index (χ2n) is 15.1. The average molecular weight is 674 g/mol. The number of likely N-dealkylation sites (tertiary alicyclic amines) is 1. The van der Waals surface area contributed by atoms with Crippen molar-refractivity contribution in [3.8, 4) is 0 Å². The molecule has 11 nitrogen and oxygen atoms in total. The van der Waals surface area contributed by atoms with Gasteiger partial charge in [-0.05, 0) is 117 Å². The fraction of sp³-hybridized carbons (Fsp3) is 0.600. The number of nitrogens with one attached hydrogen (secondary N) is 2. The molecule has 0 radical (unpaired) electrons. The molecule has 2 atom stereocenters. The highest BCUT2D eigenvalue weighted by atomic mass is 35.5. The van der Waals surface area contributed by atoms with Crippen LogP contribution < -0.4 is 10.6 Å². The van der Waals surface area contributed by atoms with E-state index in [0.717, 1.165) is 16.8 Å². The van der Waals surface area contributed by atoms with Crippen molar-refractivity contribution < 1.29 is 28.6 Å². The monoisotopic (exact) mass is 673 g/mol. The van der Waals surface area contributed by atoms with Crippen LogP contribution in [-0.2, 0) is 27.2 Å². The molecule has 0 aliphatic carbocycles. The molecule has 2 heterocycles. The molecule has 0 bridgehead atoms. The van der Waals surface area contributed by atoms with Crippen LogP contribution in [0.25, 0.3) is 0 Å². The molecule has 0 unspecified atom stereocenters. The molecule has 47 heavy (non-hydrogen) atoms. The first kappa shape index (κ1) is 37.9. The van der Waals surface area contributed by atoms with Crippen LogP contribution in [0.1, 0.15) is 79.1 Å². The van der Waals surface area contributed by atoms with Gasteiger partial charge in [-0.1, -0.05) is 23.7 Å². The molecule has 0 spiro atoms. The van der Waals surface area contributed by atoms with Gasteiger partial charge < -0.3 is 29.3 Å². The lowest BCUT2D eigenvalue weighted by atomic mass is 9.97. The summed E-state index contributed by atoms with van der Waals surface area (Å²) in [5.74, 6) is 0.383. The Morgan fingerprint density at radius 3 is 2.13 bits per heavy atom. The fourth-order valence-corrected chi connectivity index (χ4v) is 5.25. The van der Waals surface area contributed by atoms with Gasteiger partial charge in [-0.3, -0.25) is 5.32 Å². The van der Waals surface area contributed by atoms with E-state index in [2.05, 4.69) is 10.6 Å². The van der Waals surface area contributed by atoms with E-state index < -0.39 is 29.0 Å². The molecular weight excluding hydrogens is 622 g/mol. The second kappa shape index (κ2) is 15.6. The number of halogens is 1. The second-order valence-corrected chi connectivity index (χ2v) is 15.5. The van der Waals surface area contributed by atoms with Crippen molar-refractivity contribution in [2.24, 2.45) is 5.92 Å². The van der Waals surface area contributed by atoms with Gasteiger partial charge in [0.25, 0.3) is 0 Å². The Bertz CT molecular complexity index is 1380. The van der Waals surface area contributed by atoms with Crippen LogP contribution in [0.5, 0.6) is 0 Å². The third-order valence-corrected chi connectivity index (χ3v) is 7.19. The van der Waals surface area contributed by atoms with Crippen molar-refractivity contribution in [2.45, 2.75) is 105 Å². The average Bonchev–Trinajstić information content (AvgIpc) is 3.28. The molecule has 1 aromatic heterocycles. The van der Waals surface area contributed by atoms with Crippen LogP contribution in [0.4, 0.5) is 20.2 Å². The summed E-state index contributed by atoms with van der Waals surface area (Å²) in [6, 6.07) is 11.0. The summed E-state index contributed by atoms with van der Waals surface area (Å²) < 4.78 is 16.8. The van der Waals surface area contributed by atoms with E-state index in [9.17, 15) is 14.4 Å². The lowest BCUT2D eigenvalue weighted by Gasteiger charge is -2.28. The number of rotatable bonds is 9. The van der Waals surface area contributed by atoms with E-state index in [1.807, 2.05) is 66.7 Å². The molecule has 12 heteroatoms. The van der Waals surface area contributed by atoms with Gasteiger partial charge in [0.1, 0.15) is 22.6 Å². The van der Waals surface area contributed by atoms with Gasteiger partial charge in [-0.2, -0.15) is 0 Å². The number of benzene rings is 1. The van der Waals surface area contributed by atoms with E-state index in [1.165, 1.54) is 0 Å². The summed E-state index contributed by atoms with van der Waals surface area (Å²) in [6.45, 7) is 20.5. The molecule has 3 amide bonds. The fourth-order valence-electron chi connectivity index (χ4n) is 5.13. The number of nitrogens with zero attached hydrogens (tertiary/aromatic N) is 3. The summed E-state index contributed by atoms with van der Waals surface area (Å²) in [6.07, 6.45) is -0.829. The van der Waals surface area contributed by atoms with Crippen LogP contribution in [0, 0.1) is 12.8 Å². The Balaban J connectivity index is 1.77. The minimum absolute atomic E-state index is 0.0163. The minimum Gasteiger partial charge on any atom is -0.444 e. The number of aromatic nitrogens is 1. The van der Waals surface area contributed by atoms with Crippen LogP contribution in [0.3, 0.4) is 0 Å². The molecule has 3 rings (SSSR count). The number of ether oxygens (including phenoxy) is 3. The molecule has 2 N–H and O–H groups in total. The Labute approximate surface area is 284 Å². The van der Waals surface area contributed by atoms with Gasteiger partial charge in [0.2, 0.25) is 0 Å². The van der Waals surface area contributed by atoms with Crippen LogP contribution in [0.2, 0.25) is 5.02 Å². The quantitative estimate of drug-likeness (QED) is 0.268. The third kappa shape index (κ3) is 13.6. The summed E-state index contributed by atoms with van der Waals surface area (Å²) in [5, 5.41) is 6.95. The zero-order valence-corrected chi connectivity index (χ0v) is 30.3. The largest absolute Gasteiger partial charge is 0.444 e. The molecule has 2 aromatic rings. The maximum atomic E-state index is 13.2. The van der Waals surface area contributed by atoms with Gasteiger partial charge in [0, 0.05) is 49.5 Å². The highest BCUT2D eigenvalue weighted by Crippen LogP contribution is 2.25. The smallest absolute Gasteiger partial charge is 0.413 e. The highest BCUT2D eigenvalue weighted by molar-refractivity contribution is 6.30. The minimum atomic E-state index is -0.648. The van der Waals surface area contributed by atoms with Gasteiger partial charge in [0.15, 0.2) is 0 Å². The van der Waals surface area contributed by atoms with E-state index in [1.54, 1.807) is 48.8 Å². The number of anilines is 1. The zero-order valence-electron chi connectivity index (χ0n) is 29.5.